The van der Waals surface area contributed by atoms with Gasteiger partial charge in [0.05, 0.1) is 5.92 Å². The number of likely N-dealkylation sites (tertiary alicyclic amines) is 1. The first-order valence-corrected chi connectivity index (χ1v) is 7.80. The molecule has 3 rings (SSSR count). The van der Waals surface area contributed by atoms with Crippen molar-refractivity contribution in [3.05, 3.63) is 71.0 Å². The fourth-order valence-electron chi connectivity index (χ4n) is 3.31. The van der Waals surface area contributed by atoms with Gasteiger partial charge in [-0.15, -0.1) is 0 Å². The Hall–Kier alpha value is -2.69. The Morgan fingerprint density at radius 1 is 1.08 bits per heavy atom. The fourth-order valence-corrected chi connectivity index (χ4v) is 3.31. The van der Waals surface area contributed by atoms with Gasteiger partial charge in [0.1, 0.15) is 5.82 Å². The smallest absolute Gasteiger partial charge is 0.308 e. The minimum absolute atomic E-state index is 0.157. The van der Waals surface area contributed by atoms with Crippen molar-refractivity contribution in [3.63, 3.8) is 0 Å². The Bertz CT molecular complexity index is 772. The van der Waals surface area contributed by atoms with Gasteiger partial charge in [-0.25, -0.2) is 4.39 Å². The molecule has 1 saturated heterocycles. The Morgan fingerprint density at radius 3 is 2.38 bits per heavy atom. The van der Waals surface area contributed by atoms with Crippen LogP contribution in [0.2, 0.25) is 0 Å². The van der Waals surface area contributed by atoms with Gasteiger partial charge in [0.2, 0.25) is 0 Å². The molecule has 1 aliphatic heterocycles. The number of aryl methyl sites for hydroxylation is 1. The van der Waals surface area contributed by atoms with E-state index in [-0.39, 0.29) is 18.4 Å². The molecule has 1 aliphatic rings. The molecule has 0 unspecified atom stereocenters. The highest BCUT2D eigenvalue weighted by Gasteiger charge is 2.41. The second-order valence-corrected chi connectivity index (χ2v) is 6.12. The van der Waals surface area contributed by atoms with Crippen molar-refractivity contribution in [1.29, 1.82) is 0 Å². The molecule has 0 spiro atoms. The number of nitrogens with zero attached hydrogens (tertiary/aromatic N) is 1. The van der Waals surface area contributed by atoms with Crippen LogP contribution in [-0.4, -0.2) is 35.0 Å². The van der Waals surface area contributed by atoms with E-state index in [1.807, 2.05) is 31.2 Å². The Morgan fingerprint density at radius 2 is 1.75 bits per heavy atom. The van der Waals surface area contributed by atoms with Gasteiger partial charge >= 0.3 is 5.97 Å². The molecular formula is C19H18FNO3. The van der Waals surface area contributed by atoms with Crippen LogP contribution in [-0.2, 0) is 4.79 Å². The number of rotatable bonds is 3. The minimum atomic E-state index is -0.905. The summed E-state index contributed by atoms with van der Waals surface area (Å²) in [4.78, 5) is 25.8. The fraction of sp³-hybridized carbons (Fsp3) is 0.263. The number of hydrogen-bond acceptors (Lipinski definition) is 2. The zero-order valence-corrected chi connectivity index (χ0v) is 13.3. The first-order valence-electron chi connectivity index (χ1n) is 7.80. The molecule has 2 atom stereocenters. The van der Waals surface area contributed by atoms with Gasteiger partial charge in [-0.1, -0.05) is 24.3 Å². The van der Waals surface area contributed by atoms with Crippen molar-refractivity contribution in [1.82, 2.24) is 4.90 Å². The van der Waals surface area contributed by atoms with Gasteiger partial charge in [-0.2, -0.15) is 0 Å². The molecule has 5 heteroatoms. The summed E-state index contributed by atoms with van der Waals surface area (Å²) in [6.45, 7) is 2.45. The molecule has 0 aromatic heterocycles. The van der Waals surface area contributed by atoms with E-state index in [1.165, 1.54) is 24.3 Å². The molecule has 0 aliphatic carbocycles. The number of carboxylic acids is 1. The zero-order valence-electron chi connectivity index (χ0n) is 13.3. The SMILES string of the molecule is Cc1ccccc1[C@@H]1CN(C(=O)c2ccc(F)cc2)C[C@H]1C(=O)O. The van der Waals surface area contributed by atoms with Crippen LogP contribution in [0.25, 0.3) is 0 Å². The summed E-state index contributed by atoms with van der Waals surface area (Å²) in [6, 6.07) is 13.0. The highest BCUT2D eigenvalue weighted by molar-refractivity contribution is 5.95. The van der Waals surface area contributed by atoms with E-state index in [0.29, 0.717) is 12.1 Å². The summed E-state index contributed by atoms with van der Waals surface area (Å²) in [7, 11) is 0. The molecule has 0 saturated carbocycles. The van der Waals surface area contributed by atoms with E-state index in [1.54, 1.807) is 4.90 Å². The molecule has 1 N–H and O–H groups in total. The van der Waals surface area contributed by atoms with E-state index >= 15 is 0 Å². The lowest BCUT2D eigenvalue weighted by Crippen LogP contribution is -2.29. The number of hydrogen-bond donors (Lipinski definition) is 1. The van der Waals surface area contributed by atoms with Crippen LogP contribution in [0, 0.1) is 18.7 Å². The van der Waals surface area contributed by atoms with Gasteiger partial charge in [-0.3, -0.25) is 9.59 Å². The van der Waals surface area contributed by atoms with Gasteiger partial charge in [0.25, 0.3) is 5.91 Å². The van der Waals surface area contributed by atoms with Gasteiger partial charge in [-0.05, 0) is 42.3 Å². The van der Waals surface area contributed by atoms with Crippen LogP contribution in [0.1, 0.15) is 27.4 Å². The number of carbonyl (C=O) groups excluding carboxylic acids is 1. The summed E-state index contributed by atoms with van der Waals surface area (Å²) >= 11 is 0. The van der Waals surface area contributed by atoms with Gasteiger partial charge in [0.15, 0.2) is 0 Å². The number of benzene rings is 2. The molecule has 0 radical (unpaired) electrons. The average molecular weight is 327 g/mol. The third kappa shape index (κ3) is 3.02. The lowest BCUT2D eigenvalue weighted by atomic mass is 9.86. The predicted octanol–water partition coefficient (Wildman–Crippen LogP) is 3.07. The highest BCUT2D eigenvalue weighted by atomic mass is 19.1. The lowest BCUT2D eigenvalue weighted by molar-refractivity contribution is -0.141. The maximum absolute atomic E-state index is 13.0. The molecule has 1 fully saturated rings. The van der Waals surface area contributed by atoms with Crippen molar-refractivity contribution in [2.75, 3.05) is 13.1 Å². The number of carbonyl (C=O) groups is 2. The second-order valence-electron chi connectivity index (χ2n) is 6.12. The summed E-state index contributed by atoms with van der Waals surface area (Å²) in [5, 5.41) is 9.55. The summed E-state index contributed by atoms with van der Waals surface area (Å²) < 4.78 is 13.0. The average Bonchev–Trinajstić information content (AvgIpc) is 3.00. The molecule has 1 heterocycles. The van der Waals surface area contributed by atoms with E-state index in [9.17, 15) is 19.1 Å². The van der Waals surface area contributed by atoms with Crippen LogP contribution in [0.15, 0.2) is 48.5 Å². The van der Waals surface area contributed by atoms with E-state index < -0.39 is 17.7 Å². The van der Waals surface area contributed by atoms with Crippen molar-refractivity contribution < 1.29 is 19.1 Å². The summed E-state index contributed by atoms with van der Waals surface area (Å²) in [5.41, 5.74) is 2.34. The summed E-state index contributed by atoms with van der Waals surface area (Å²) in [5.74, 6) is -2.47. The largest absolute Gasteiger partial charge is 0.481 e. The first kappa shape index (κ1) is 16.2. The molecule has 0 bridgehead atoms. The zero-order chi connectivity index (χ0) is 17.3. The Kier molecular flexibility index (Phi) is 4.34. The monoisotopic (exact) mass is 327 g/mol. The highest BCUT2D eigenvalue weighted by Crippen LogP contribution is 2.35. The van der Waals surface area contributed by atoms with Gasteiger partial charge < -0.3 is 10.0 Å². The first-order chi connectivity index (χ1) is 11.5. The Labute approximate surface area is 139 Å². The lowest BCUT2D eigenvalue weighted by Gasteiger charge is -2.18. The maximum Gasteiger partial charge on any atom is 0.308 e. The normalized spacial score (nSPS) is 20.2. The number of amides is 1. The van der Waals surface area contributed by atoms with Crippen LogP contribution < -0.4 is 0 Å². The van der Waals surface area contributed by atoms with Crippen molar-refractivity contribution in [3.8, 4) is 0 Å². The molecule has 24 heavy (non-hydrogen) atoms. The van der Waals surface area contributed by atoms with E-state index in [2.05, 4.69) is 0 Å². The number of halogens is 1. The van der Waals surface area contributed by atoms with Crippen LogP contribution in [0.3, 0.4) is 0 Å². The van der Waals surface area contributed by atoms with E-state index in [4.69, 9.17) is 0 Å². The maximum atomic E-state index is 13.0. The van der Waals surface area contributed by atoms with E-state index in [0.717, 1.165) is 11.1 Å². The summed E-state index contributed by atoms with van der Waals surface area (Å²) in [6.07, 6.45) is 0. The molecule has 1 amide bonds. The number of carboxylic acid groups (broad SMARTS) is 1. The van der Waals surface area contributed by atoms with Crippen LogP contribution >= 0.6 is 0 Å². The third-order valence-corrected chi connectivity index (χ3v) is 4.60. The molecule has 2 aromatic rings. The standard InChI is InChI=1S/C19H18FNO3/c1-12-4-2-3-5-15(12)16-10-21(11-17(16)19(23)24)18(22)13-6-8-14(20)9-7-13/h2-9,16-17H,10-11H2,1H3,(H,23,24)/t16-,17+/m0/s1. The molecule has 4 nitrogen and oxygen atoms in total. The van der Waals surface area contributed by atoms with Gasteiger partial charge in [0, 0.05) is 24.6 Å². The van der Waals surface area contributed by atoms with Crippen LogP contribution in [0.5, 0.6) is 0 Å². The quantitative estimate of drug-likeness (QED) is 0.942. The Balaban J connectivity index is 1.88. The molecular weight excluding hydrogens is 309 g/mol. The van der Waals surface area contributed by atoms with Crippen molar-refractivity contribution >= 4 is 11.9 Å². The minimum Gasteiger partial charge on any atom is -0.481 e. The van der Waals surface area contributed by atoms with Crippen molar-refractivity contribution in [2.24, 2.45) is 5.92 Å². The topological polar surface area (TPSA) is 57.6 Å². The number of aliphatic carboxylic acids is 1. The molecule has 124 valence electrons. The van der Waals surface area contributed by atoms with Crippen molar-refractivity contribution in [2.45, 2.75) is 12.8 Å². The second kappa shape index (κ2) is 6.43. The molecule has 2 aromatic carbocycles. The third-order valence-electron chi connectivity index (χ3n) is 4.60. The van der Waals surface area contributed by atoms with Crippen LogP contribution in [0.4, 0.5) is 4.39 Å². The predicted molar refractivity (Wildman–Crippen MR) is 87.3 cm³/mol.